The summed E-state index contributed by atoms with van der Waals surface area (Å²) < 4.78 is 4.61. The molecule has 0 unspecified atom stereocenters. The number of fused-ring (bicyclic) bond motifs is 3. The molecule has 1 aromatic carbocycles. The second kappa shape index (κ2) is 8.00. The second-order valence-electron chi connectivity index (χ2n) is 9.21. The lowest BCUT2D eigenvalue weighted by Crippen LogP contribution is -2.36. The van der Waals surface area contributed by atoms with Crippen LogP contribution in [0.25, 0.3) is 16.7 Å². The molecule has 0 spiro atoms. The molecular weight excluding hydrogens is 384 g/mol. The largest absolute Gasteiger partial charge is 0.379 e. The van der Waals surface area contributed by atoms with Crippen LogP contribution in [0.2, 0.25) is 0 Å². The van der Waals surface area contributed by atoms with Crippen LogP contribution >= 0.6 is 0 Å². The number of rotatable bonds is 5. The van der Waals surface area contributed by atoms with Crippen molar-refractivity contribution in [2.75, 3.05) is 19.4 Å². The van der Waals surface area contributed by atoms with Crippen LogP contribution < -0.4 is 5.32 Å². The van der Waals surface area contributed by atoms with Crippen molar-refractivity contribution in [2.24, 2.45) is 0 Å². The molecule has 4 aromatic rings. The fourth-order valence-corrected chi connectivity index (χ4v) is 5.07. The van der Waals surface area contributed by atoms with Crippen molar-refractivity contribution in [3.63, 3.8) is 0 Å². The van der Waals surface area contributed by atoms with Crippen molar-refractivity contribution in [2.45, 2.75) is 58.2 Å². The molecule has 0 saturated heterocycles. The normalized spacial score (nSPS) is 19.5. The third-order valence-electron chi connectivity index (χ3n) is 6.88. The Hall–Kier alpha value is -2.86. The summed E-state index contributed by atoms with van der Waals surface area (Å²) in [4.78, 5) is 2.36. The molecule has 3 heterocycles. The monoisotopic (exact) mass is 416 g/mol. The van der Waals surface area contributed by atoms with Crippen LogP contribution in [0.15, 0.2) is 42.5 Å². The molecule has 1 saturated carbocycles. The molecule has 6 heteroatoms. The van der Waals surface area contributed by atoms with Crippen LogP contribution in [0.4, 0.5) is 5.69 Å². The summed E-state index contributed by atoms with van der Waals surface area (Å²) in [5, 5.41) is 12.8. The van der Waals surface area contributed by atoms with E-state index in [2.05, 4.69) is 92.9 Å². The van der Waals surface area contributed by atoms with Crippen LogP contribution in [0, 0.1) is 13.8 Å². The van der Waals surface area contributed by atoms with Gasteiger partial charge in [-0.1, -0.05) is 30.3 Å². The number of hydrogen-bond donors (Lipinski definition) is 1. The molecule has 5 rings (SSSR count). The van der Waals surface area contributed by atoms with E-state index in [0.29, 0.717) is 12.1 Å². The Morgan fingerprint density at radius 2 is 1.71 bits per heavy atom. The maximum Gasteiger partial charge on any atom is 0.184 e. The summed E-state index contributed by atoms with van der Waals surface area (Å²) in [5.74, 6) is 0.928. The molecule has 3 aromatic heterocycles. The lowest BCUT2D eigenvalue weighted by atomic mass is 9.90. The molecule has 6 nitrogen and oxygen atoms in total. The highest BCUT2D eigenvalue weighted by Gasteiger charge is 2.24. The second-order valence-corrected chi connectivity index (χ2v) is 9.21. The predicted octanol–water partition coefficient (Wildman–Crippen LogP) is 4.63. The van der Waals surface area contributed by atoms with Gasteiger partial charge in [-0.05, 0) is 71.3 Å². The van der Waals surface area contributed by atoms with E-state index in [4.69, 9.17) is 0 Å². The summed E-state index contributed by atoms with van der Waals surface area (Å²) in [6, 6.07) is 16.4. The summed E-state index contributed by atoms with van der Waals surface area (Å²) >= 11 is 0. The zero-order valence-electron chi connectivity index (χ0n) is 19.0. The van der Waals surface area contributed by atoms with Crippen LogP contribution in [0.3, 0.4) is 0 Å². The van der Waals surface area contributed by atoms with E-state index in [1.165, 1.54) is 48.0 Å². The van der Waals surface area contributed by atoms with Crippen molar-refractivity contribution < 1.29 is 0 Å². The Balaban J connectivity index is 1.54. The fourth-order valence-electron chi connectivity index (χ4n) is 5.07. The predicted molar refractivity (Wildman–Crippen MR) is 127 cm³/mol. The van der Waals surface area contributed by atoms with Gasteiger partial charge in [0.25, 0.3) is 0 Å². The number of hydrogen-bond acceptors (Lipinski definition) is 4. The quantitative estimate of drug-likeness (QED) is 0.515. The zero-order chi connectivity index (χ0) is 21.5. The van der Waals surface area contributed by atoms with Crippen molar-refractivity contribution in [1.82, 2.24) is 24.1 Å². The Morgan fingerprint density at radius 1 is 0.968 bits per heavy atom. The lowest BCUT2D eigenvalue weighted by molar-refractivity contribution is 0.221. The van der Waals surface area contributed by atoms with E-state index < -0.39 is 0 Å². The summed E-state index contributed by atoms with van der Waals surface area (Å²) in [6.45, 7) is 5.08. The van der Waals surface area contributed by atoms with Gasteiger partial charge in [0.05, 0.1) is 16.7 Å². The first-order chi connectivity index (χ1) is 15.0. The Labute approximate surface area is 183 Å². The number of aryl methyl sites for hydroxylation is 2. The maximum atomic E-state index is 4.53. The third-order valence-corrected chi connectivity index (χ3v) is 6.88. The number of nitrogens with one attached hydrogen (secondary N) is 1. The van der Waals surface area contributed by atoms with Crippen molar-refractivity contribution in [3.8, 4) is 0 Å². The Bertz CT molecular complexity index is 1200. The molecule has 0 aliphatic heterocycles. The zero-order valence-corrected chi connectivity index (χ0v) is 19.0. The molecule has 1 fully saturated rings. The maximum absolute atomic E-state index is 4.53. The molecule has 0 atom stereocenters. The third kappa shape index (κ3) is 3.69. The van der Waals surface area contributed by atoms with Crippen LogP contribution in [-0.4, -0.2) is 50.2 Å². The Kier molecular flexibility index (Phi) is 5.18. The van der Waals surface area contributed by atoms with E-state index in [1.54, 1.807) is 0 Å². The van der Waals surface area contributed by atoms with Crippen LogP contribution in [0.1, 0.15) is 42.8 Å². The summed E-state index contributed by atoms with van der Waals surface area (Å²) in [6.07, 6.45) is 4.84. The Morgan fingerprint density at radius 3 is 2.42 bits per heavy atom. The minimum atomic E-state index is 0.480. The molecule has 0 radical (unpaired) electrons. The average Bonchev–Trinajstić information content (AvgIpc) is 3.30. The van der Waals surface area contributed by atoms with E-state index in [1.807, 2.05) is 6.92 Å². The molecule has 1 aliphatic rings. The molecule has 0 amide bonds. The van der Waals surface area contributed by atoms with E-state index >= 15 is 0 Å². The number of nitrogens with zero attached hydrogens (tertiary/aromatic N) is 5. The molecular formula is C25H32N6. The molecule has 0 bridgehead atoms. The van der Waals surface area contributed by atoms with Gasteiger partial charge >= 0.3 is 0 Å². The first-order valence-electron chi connectivity index (χ1n) is 11.3. The number of aromatic nitrogens is 4. The van der Waals surface area contributed by atoms with Gasteiger partial charge in [-0.2, -0.15) is 0 Å². The van der Waals surface area contributed by atoms with Gasteiger partial charge in [0.15, 0.2) is 5.65 Å². The molecule has 162 valence electrons. The van der Waals surface area contributed by atoms with Crippen molar-refractivity contribution in [1.29, 1.82) is 0 Å². The first-order valence-corrected chi connectivity index (χ1v) is 11.3. The van der Waals surface area contributed by atoms with Gasteiger partial charge in [-0.15, -0.1) is 10.2 Å². The van der Waals surface area contributed by atoms with E-state index in [9.17, 15) is 0 Å². The minimum Gasteiger partial charge on any atom is -0.379 e. The number of benzene rings is 1. The van der Waals surface area contributed by atoms with Crippen molar-refractivity contribution in [3.05, 3.63) is 59.5 Å². The standard InChI is InChI=1S/C25H32N6/c1-17-14-24-23(30(17)16-19-8-6-5-7-9-19)15-22(25-28-27-18(2)31(24)25)26-20-10-12-21(13-11-20)29(3)4/h5-9,14-15,20-21,26H,10-13,16H2,1-4H3/t20-,21-. The molecule has 1 N–H and O–H groups in total. The number of anilines is 1. The highest BCUT2D eigenvalue weighted by atomic mass is 15.3. The van der Waals surface area contributed by atoms with Gasteiger partial charge in [0.2, 0.25) is 0 Å². The summed E-state index contributed by atoms with van der Waals surface area (Å²) in [7, 11) is 4.39. The highest BCUT2D eigenvalue weighted by molar-refractivity contribution is 5.88. The fraction of sp³-hybridized carbons (Fsp3) is 0.440. The lowest BCUT2D eigenvalue weighted by Gasteiger charge is -2.33. The minimum absolute atomic E-state index is 0.480. The smallest absolute Gasteiger partial charge is 0.184 e. The average molecular weight is 417 g/mol. The van der Waals surface area contributed by atoms with E-state index in [0.717, 1.165) is 23.7 Å². The van der Waals surface area contributed by atoms with Gasteiger partial charge in [-0.3, -0.25) is 4.40 Å². The topological polar surface area (TPSA) is 50.4 Å². The molecule has 31 heavy (non-hydrogen) atoms. The summed E-state index contributed by atoms with van der Waals surface area (Å²) in [5.41, 5.74) is 6.97. The van der Waals surface area contributed by atoms with E-state index in [-0.39, 0.29) is 0 Å². The first kappa shape index (κ1) is 20.1. The van der Waals surface area contributed by atoms with Gasteiger partial charge in [-0.25, -0.2) is 0 Å². The van der Waals surface area contributed by atoms with Crippen LogP contribution in [0.5, 0.6) is 0 Å². The van der Waals surface area contributed by atoms with Gasteiger partial charge < -0.3 is 14.8 Å². The van der Waals surface area contributed by atoms with Gasteiger partial charge in [0.1, 0.15) is 5.82 Å². The SMILES string of the molecule is Cc1cc2c(cc(N[C@H]3CC[C@H](N(C)C)CC3)c3nnc(C)n32)n1Cc1ccccc1. The van der Waals surface area contributed by atoms with Crippen molar-refractivity contribution >= 4 is 22.4 Å². The van der Waals surface area contributed by atoms with Crippen LogP contribution in [-0.2, 0) is 6.54 Å². The molecule has 1 aliphatic carbocycles. The highest BCUT2D eigenvalue weighted by Crippen LogP contribution is 2.31. The number of pyridine rings is 1. The van der Waals surface area contributed by atoms with Gasteiger partial charge in [0, 0.05) is 24.3 Å².